The standard InChI is InChI=1S/C18H30O4/c1-2-3-4-5-6-7-8-9-10-11-15(19)12-17-13-16(20)14-18(21)22-17/h6-11,15-21H,2-5,12-14H2,1H3/b7-6+,9-8+,11-10+/t15?,16-,17-,18?/m1/s1. The fraction of sp³-hybridized carbons (Fsp3) is 0.667. The Morgan fingerprint density at radius 2 is 1.86 bits per heavy atom. The maximum atomic E-state index is 9.89. The summed E-state index contributed by atoms with van der Waals surface area (Å²) in [4.78, 5) is 0. The molecule has 4 atom stereocenters. The largest absolute Gasteiger partial charge is 0.393 e. The fourth-order valence-electron chi connectivity index (χ4n) is 2.47. The fourth-order valence-corrected chi connectivity index (χ4v) is 2.47. The number of hydrogen-bond acceptors (Lipinski definition) is 4. The van der Waals surface area contributed by atoms with E-state index in [0.717, 1.165) is 6.42 Å². The minimum atomic E-state index is -0.928. The first-order valence-corrected chi connectivity index (χ1v) is 8.31. The Labute approximate surface area is 133 Å². The van der Waals surface area contributed by atoms with E-state index in [1.165, 1.54) is 19.3 Å². The lowest BCUT2D eigenvalue weighted by Gasteiger charge is -2.30. The van der Waals surface area contributed by atoms with Crippen LogP contribution in [0.5, 0.6) is 0 Å². The van der Waals surface area contributed by atoms with Gasteiger partial charge in [-0.1, -0.05) is 56.2 Å². The highest BCUT2D eigenvalue weighted by Gasteiger charge is 2.27. The molecule has 22 heavy (non-hydrogen) atoms. The zero-order chi connectivity index (χ0) is 16.2. The Hall–Kier alpha value is -0.940. The Bertz CT molecular complexity index is 352. The minimum absolute atomic E-state index is 0.246. The van der Waals surface area contributed by atoms with Crippen LogP contribution < -0.4 is 0 Å². The molecule has 1 fully saturated rings. The van der Waals surface area contributed by atoms with Crippen LogP contribution >= 0.6 is 0 Å². The Morgan fingerprint density at radius 1 is 1.09 bits per heavy atom. The Balaban J connectivity index is 2.19. The highest BCUT2D eigenvalue weighted by Crippen LogP contribution is 2.21. The van der Waals surface area contributed by atoms with Crippen molar-refractivity contribution in [3.05, 3.63) is 36.5 Å². The molecule has 1 saturated heterocycles. The van der Waals surface area contributed by atoms with E-state index in [4.69, 9.17) is 4.74 Å². The normalized spacial score (nSPS) is 28.1. The van der Waals surface area contributed by atoms with E-state index >= 15 is 0 Å². The van der Waals surface area contributed by atoms with Gasteiger partial charge in [0.1, 0.15) is 0 Å². The van der Waals surface area contributed by atoms with Crippen molar-refractivity contribution in [2.75, 3.05) is 0 Å². The number of rotatable bonds is 9. The molecule has 3 N–H and O–H groups in total. The third-order valence-corrected chi connectivity index (χ3v) is 3.64. The first kappa shape index (κ1) is 19.1. The maximum absolute atomic E-state index is 9.89. The highest BCUT2D eigenvalue weighted by molar-refractivity contribution is 5.12. The van der Waals surface area contributed by atoms with Gasteiger partial charge < -0.3 is 20.1 Å². The lowest BCUT2D eigenvalue weighted by molar-refractivity contribution is -0.193. The van der Waals surface area contributed by atoms with Crippen LogP contribution in [0.25, 0.3) is 0 Å². The minimum Gasteiger partial charge on any atom is -0.393 e. The third-order valence-electron chi connectivity index (χ3n) is 3.64. The first-order valence-electron chi connectivity index (χ1n) is 8.31. The summed E-state index contributed by atoms with van der Waals surface area (Å²) in [7, 11) is 0. The number of aliphatic hydroxyl groups is 3. The topological polar surface area (TPSA) is 69.9 Å². The summed E-state index contributed by atoms with van der Waals surface area (Å²) in [6.45, 7) is 2.19. The average Bonchev–Trinajstić information content (AvgIpc) is 2.44. The van der Waals surface area contributed by atoms with Gasteiger partial charge in [-0.05, 0) is 19.3 Å². The summed E-state index contributed by atoms with van der Waals surface area (Å²) in [5, 5.41) is 28.9. The molecule has 0 amide bonds. The van der Waals surface area contributed by atoms with Gasteiger partial charge in [-0.25, -0.2) is 0 Å². The van der Waals surface area contributed by atoms with Crippen molar-refractivity contribution < 1.29 is 20.1 Å². The summed E-state index contributed by atoms with van der Waals surface area (Å²) in [6.07, 6.45) is 15.0. The molecule has 1 aliphatic heterocycles. The van der Waals surface area contributed by atoms with E-state index in [1.807, 2.05) is 18.2 Å². The van der Waals surface area contributed by atoms with E-state index in [0.29, 0.717) is 12.8 Å². The molecule has 4 nitrogen and oxygen atoms in total. The van der Waals surface area contributed by atoms with Crippen LogP contribution in [0.1, 0.15) is 51.9 Å². The molecule has 0 aromatic heterocycles. The van der Waals surface area contributed by atoms with Crippen molar-refractivity contribution in [1.82, 2.24) is 0 Å². The molecule has 0 spiro atoms. The molecule has 0 radical (unpaired) electrons. The van der Waals surface area contributed by atoms with Crippen molar-refractivity contribution in [3.63, 3.8) is 0 Å². The van der Waals surface area contributed by atoms with Crippen LogP contribution in [-0.2, 0) is 4.74 Å². The first-order chi connectivity index (χ1) is 10.6. The average molecular weight is 310 g/mol. The van der Waals surface area contributed by atoms with Gasteiger partial charge in [0.15, 0.2) is 6.29 Å². The smallest absolute Gasteiger partial charge is 0.157 e. The lowest BCUT2D eigenvalue weighted by atomic mass is 10.00. The summed E-state index contributed by atoms with van der Waals surface area (Å²) in [5.41, 5.74) is 0. The second kappa shape index (κ2) is 11.6. The van der Waals surface area contributed by atoms with Gasteiger partial charge in [-0.2, -0.15) is 0 Å². The van der Waals surface area contributed by atoms with Crippen LogP contribution in [0.2, 0.25) is 0 Å². The Morgan fingerprint density at radius 3 is 2.59 bits per heavy atom. The maximum Gasteiger partial charge on any atom is 0.157 e. The van der Waals surface area contributed by atoms with E-state index in [-0.39, 0.29) is 12.5 Å². The molecule has 0 aliphatic carbocycles. The van der Waals surface area contributed by atoms with Crippen LogP contribution in [0, 0.1) is 0 Å². The molecule has 0 bridgehead atoms. The molecule has 1 aliphatic rings. The van der Waals surface area contributed by atoms with Crippen molar-refractivity contribution in [1.29, 1.82) is 0 Å². The zero-order valence-electron chi connectivity index (χ0n) is 13.5. The zero-order valence-corrected chi connectivity index (χ0v) is 13.5. The van der Waals surface area contributed by atoms with Crippen LogP contribution in [0.4, 0.5) is 0 Å². The van der Waals surface area contributed by atoms with Crippen molar-refractivity contribution in [2.24, 2.45) is 0 Å². The second-order valence-corrected chi connectivity index (χ2v) is 5.83. The van der Waals surface area contributed by atoms with E-state index < -0.39 is 18.5 Å². The quantitative estimate of drug-likeness (QED) is 0.452. The lowest BCUT2D eigenvalue weighted by Crippen LogP contribution is -2.37. The summed E-state index contributed by atoms with van der Waals surface area (Å²) < 4.78 is 5.29. The SMILES string of the molecule is CCCCC/C=C/C=C/C=C/C(O)C[C@@H]1C[C@@H](O)CC(O)O1. The van der Waals surface area contributed by atoms with Gasteiger partial charge in [0.05, 0.1) is 18.3 Å². The van der Waals surface area contributed by atoms with Gasteiger partial charge in [0.2, 0.25) is 0 Å². The van der Waals surface area contributed by atoms with Gasteiger partial charge >= 0.3 is 0 Å². The van der Waals surface area contributed by atoms with E-state index in [2.05, 4.69) is 13.0 Å². The third kappa shape index (κ3) is 9.15. The molecular weight excluding hydrogens is 280 g/mol. The highest BCUT2D eigenvalue weighted by atomic mass is 16.6. The number of ether oxygens (including phenoxy) is 1. The van der Waals surface area contributed by atoms with Gasteiger partial charge in [-0.15, -0.1) is 0 Å². The number of allylic oxidation sites excluding steroid dienone is 5. The monoisotopic (exact) mass is 310 g/mol. The van der Waals surface area contributed by atoms with Gasteiger partial charge in [-0.3, -0.25) is 0 Å². The van der Waals surface area contributed by atoms with Gasteiger partial charge in [0, 0.05) is 12.8 Å². The molecule has 4 heteroatoms. The Kier molecular flexibility index (Phi) is 10.1. The molecule has 1 rings (SSSR count). The molecule has 0 aromatic rings. The van der Waals surface area contributed by atoms with E-state index in [9.17, 15) is 15.3 Å². The van der Waals surface area contributed by atoms with Crippen LogP contribution in [-0.4, -0.2) is 39.9 Å². The van der Waals surface area contributed by atoms with Crippen LogP contribution in [0.15, 0.2) is 36.5 Å². The molecule has 0 aromatic carbocycles. The summed E-state index contributed by atoms with van der Waals surface area (Å²) >= 11 is 0. The van der Waals surface area contributed by atoms with Crippen molar-refractivity contribution in [2.45, 2.75) is 76.5 Å². The predicted octanol–water partition coefficient (Wildman–Crippen LogP) is 2.84. The van der Waals surface area contributed by atoms with Crippen molar-refractivity contribution in [3.8, 4) is 0 Å². The molecule has 2 unspecified atom stereocenters. The molecule has 1 heterocycles. The number of aliphatic hydroxyl groups excluding tert-OH is 3. The van der Waals surface area contributed by atoms with Gasteiger partial charge in [0.25, 0.3) is 0 Å². The second-order valence-electron chi connectivity index (χ2n) is 5.83. The number of hydrogen-bond donors (Lipinski definition) is 3. The van der Waals surface area contributed by atoms with Crippen molar-refractivity contribution >= 4 is 0 Å². The number of unbranched alkanes of at least 4 members (excludes halogenated alkanes) is 3. The summed E-state index contributed by atoms with van der Waals surface area (Å²) in [6, 6.07) is 0. The molecule has 0 saturated carbocycles. The predicted molar refractivity (Wildman–Crippen MR) is 88.3 cm³/mol. The van der Waals surface area contributed by atoms with Crippen LogP contribution in [0.3, 0.4) is 0 Å². The molecular formula is C18H30O4. The summed E-state index contributed by atoms with van der Waals surface area (Å²) in [5.74, 6) is 0. The molecule has 126 valence electrons. The van der Waals surface area contributed by atoms with E-state index in [1.54, 1.807) is 12.2 Å².